The van der Waals surface area contributed by atoms with E-state index in [0.717, 1.165) is 50.7 Å². The van der Waals surface area contributed by atoms with E-state index >= 15 is 0 Å². The van der Waals surface area contributed by atoms with E-state index in [0.29, 0.717) is 11.8 Å². The Bertz CT molecular complexity index is 703. The first-order valence-corrected chi connectivity index (χ1v) is 8.92. The maximum Gasteiger partial charge on any atom is 0.226 e. The zero-order valence-electron chi connectivity index (χ0n) is 14.6. The van der Waals surface area contributed by atoms with Gasteiger partial charge >= 0.3 is 0 Å². The van der Waals surface area contributed by atoms with Crippen LogP contribution in [0.1, 0.15) is 23.7 Å². The van der Waals surface area contributed by atoms with Crippen molar-refractivity contribution in [3.8, 4) is 5.75 Å². The van der Waals surface area contributed by atoms with Gasteiger partial charge in [-0.25, -0.2) is 0 Å². The fourth-order valence-corrected chi connectivity index (χ4v) is 3.63. The van der Waals surface area contributed by atoms with Gasteiger partial charge in [-0.15, -0.1) is 0 Å². The van der Waals surface area contributed by atoms with E-state index in [-0.39, 0.29) is 5.92 Å². The Hall–Kier alpha value is -2.27. The molecule has 0 radical (unpaired) electrons. The van der Waals surface area contributed by atoms with E-state index < -0.39 is 0 Å². The minimum Gasteiger partial charge on any atom is -0.497 e. The Morgan fingerprint density at radius 1 is 1.16 bits per heavy atom. The molecule has 25 heavy (non-hydrogen) atoms. The van der Waals surface area contributed by atoms with Crippen molar-refractivity contribution in [2.45, 2.75) is 18.9 Å². The summed E-state index contributed by atoms with van der Waals surface area (Å²) >= 11 is 0. The standard InChI is InChI=1S/C20H24N2O3/c1-24-16-6-4-15(5-7-16)14-21-8-10-22(11-9-21)20(23)18-13-17(18)19-3-2-12-25-19/h2-7,12,17-18H,8-11,13-14H2,1H3/t17-,18-/m1/s1. The SMILES string of the molecule is COc1ccc(CN2CCN(C(=O)[C@@H]3C[C@H]3c3ccco3)CC2)cc1. The van der Waals surface area contributed by atoms with Crippen LogP contribution >= 0.6 is 0 Å². The predicted molar refractivity (Wildman–Crippen MR) is 94.4 cm³/mol. The number of piperazine rings is 1. The summed E-state index contributed by atoms with van der Waals surface area (Å²) in [5.41, 5.74) is 1.28. The van der Waals surface area contributed by atoms with Crippen LogP contribution in [0.4, 0.5) is 0 Å². The number of nitrogens with zero attached hydrogens (tertiary/aromatic N) is 2. The van der Waals surface area contributed by atoms with E-state index in [4.69, 9.17) is 9.15 Å². The highest BCUT2D eigenvalue weighted by atomic mass is 16.5. The van der Waals surface area contributed by atoms with Gasteiger partial charge in [-0.2, -0.15) is 0 Å². The van der Waals surface area contributed by atoms with Gasteiger partial charge in [0.05, 0.1) is 13.4 Å². The van der Waals surface area contributed by atoms with Crippen LogP contribution in [0.15, 0.2) is 47.1 Å². The molecule has 2 aliphatic rings. The van der Waals surface area contributed by atoms with Crippen LogP contribution in [0.5, 0.6) is 5.75 Å². The number of hydrogen-bond donors (Lipinski definition) is 0. The van der Waals surface area contributed by atoms with Crippen molar-refractivity contribution in [3.63, 3.8) is 0 Å². The van der Waals surface area contributed by atoms with E-state index in [1.807, 2.05) is 29.2 Å². The highest BCUT2D eigenvalue weighted by Crippen LogP contribution is 2.48. The van der Waals surface area contributed by atoms with Crippen LogP contribution in [0.25, 0.3) is 0 Å². The Labute approximate surface area is 148 Å². The molecule has 0 spiro atoms. The molecule has 0 unspecified atom stereocenters. The highest BCUT2D eigenvalue weighted by Gasteiger charge is 2.47. The molecule has 4 rings (SSSR count). The molecule has 1 saturated carbocycles. The molecule has 0 bridgehead atoms. The summed E-state index contributed by atoms with van der Waals surface area (Å²) in [5, 5.41) is 0. The predicted octanol–water partition coefficient (Wildman–Crippen LogP) is 2.74. The average Bonchev–Trinajstić information content (AvgIpc) is 3.27. The van der Waals surface area contributed by atoms with Crippen molar-refractivity contribution < 1.29 is 13.9 Å². The smallest absolute Gasteiger partial charge is 0.226 e. The second-order valence-electron chi connectivity index (χ2n) is 6.91. The van der Waals surface area contributed by atoms with Gasteiger partial charge in [-0.3, -0.25) is 9.69 Å². The Kier molecular flexibility index (Phi) is 4.49. The zero-order valence-corrected chi connectivity index (χ0v) is 14.6. The van der Waals surface area contributed by atoms with Crippen molar-refractivity contribution in [2.24, 2.45) is 5.92 Å². The third-order valence-corrected chi connectivity index (χ3v) is 5.27. The fraction of sp³-hybridized carbons (Fsp3) is 0.450. The van der Waals surface area contributed by atoms with Crippen LogP contribution in [0.3, 0.4) is 0 Å². The Balaban J connectivity index is 1.26. The molecule has 2 heterocycles. The van der Waals surface area contributed by atoms with Crippen LogP contribution in [0.2, 0.25) is 0 Å². The summed E-state index contributed by atoms with van der Waals surface area (Å²) in [5.74, 6) is 2.55. The zero-order chi connectivity index (χ0) is 17.2. The van der Waals surface area contributed by atoms with Crippen LogP contribution in [-0.2, 0) is 11.3 Å². The lowest BCUT2D eigenvalue weighted by atomic mass is 10.1. The molecule has 0 N–H and O–H groups in total. The van der Waals surface area contributed by atoms with E-state index in [9.17, 15) is 4.79 Å². The molecule has 1 saturated heterocycles. The van der Waals surface area contributed by atoms with Gasteiger partial charge < -0.3 is 14.1 Å². The maximum atomic E-state index is 12.7. The number of hydrogen-bond acceptors (Lipinski definition) is 4. The molecule has 132 valence electrons. The molecule has 1 amide bonds. The van der Waals surface area contributed by atoms with Gasteiger partial charge in [0, 0.05) is 44.6 Å². The molecule has 5 nitrogen and oxygen atoms in total. The lowest BCUT2D eigenvalue weighted by Crippen LogP contribution is -2.48. The monoisotopic (exact) mass is 340 g/mol. The number of rotatable bonds is 5. The summed E-state index contributed by atoms with van der Waals surface area (Å²) in [4.78, 5) is 17.1. The summed E-state index contributed by atoms with van der Waals surface area (Å²) in [6.45, 7) is 4.41. The minimum absolute atomic E-state index is 0.124. The van der Waals surface area contributed by atoms with Crippen LogP contribution in [0, 0.1) is 5.92 Å². The molecule has 5 heteroatoms. The van der Waals surface area contributed by atoms with E-state index in [2.05, 4.69) is 17.0 Å². The third-order valence-electron chi connectivity index (χ3n) is 5.27. The maximum absolute atomic E-state index is 12.7. The van der Waals surface area contributed by atoms with Crippen molar-refractivity contribution in [2.75, 3.05) is 33.3 Å². The molecule has 2 fully saturated rings. The number of furan rings is 1. The third kappa shape index (κ3) is 3.56. The normalized spacial score (nSPS) is 23.5. The molecule has 1 aliphatic heterocycles. The van der Waals surface area contributed by atoms with Crippen molar-refractivity contribution in [1.29, 1.82) is 0 Å². The first-order valence-electron chi connectivity index (χ1n) is 8.92. The molecule has 2 atom stereocenters. The summed E-state index contributed by atoms with van der Waals surface area (Å²) < 4.78 is 10.6. The first-order chi connectivity index (χ1) is 12.2. The topological polar surface area (TPSA) is 45.9 Å². The number of ether oxygens (including phenoxy) is 1. The summed E-state index contributed by atoms with van der Waals surface area (Å²) in [6, 6.07) is 12.1. The summed E-state index contributed by atoms with van der Waals surface area (Å²) in [7, 11) is 1.68. The van der Waals surface area contributed by atoms with Crippen LogP contribution < -0.4 is 4.74 Å². The van der Waals surface area contributed by atoms with Crippen molar-refractivity contribution in [1.82, 2.24) is 9.80 Å². The molecule has 1 aromatic heterocycles. The van der Waals surface area contributed by atoms with Gasteiger partial charge in [0.25, 0.3) is 0 Å². The lowest BCUT2D eigenvalue weighted by molar-refractivity contribution is -0.134. The summed E-state index contributed by atoms with van der Waals surface area (Å²) in [6.07, 6.45) is 2.62. The fourth-order valence-electron chi connectivity index (χ4n) is 3.63. The minimum atomic E-state index is 0.124. The number of carbonyl (C=O) groups excluding carboxylic acids is 1. The second-order valence-corrected chi connectivity index (χ2v) is 6.91. The lowest BCUT2D eigenvalue weighted by Gasteiger charge is -2.35. The van der Waals surface area contributed by atoms with Gasteiger partial charge in [0.1, 0.15) is 11.5 Å². The molecule has 1 aromatic carbocycles. The van der Waals surface area contributed by atoms with Gasteiger partial charge in [0.2, 0.25) is 5.91 Å². The second kappa shape index (κ2) is 6.92. The van der Waals surface area contributed by atoms with Crippen molar-refractivity contribution in [3.05, 3.63) is 54.0 Å². The van der Waals surface area contributed by atoms with Crippen molar-refractivity contribution >= 4 is 5.91 Å². The number of benzene rings is 1. The molecular weight excluding hydrogens is 316 g/mol. The quantitative estimate of drug-likeness (QED) is 0.840. The largest absolute Gasteiger partial charge is 0.497 e. The van der Waals surface area contributed by atoms with Gasteiger partial charge in [-0.1, -0.05) is 12.1 Å². The Morgan fingerprint density at radius 2 is 1.92 bits per heavy atom. The first kappa shape index (κ1) is 16.2. The number of amides is 1. The van der Waals surface area contributed by atoms with E-state index in [1.165, 1.54) is 5.56 Å². The number of carbonyl (C=O) groups is 1. The number of methoxy groups -OCH3 is 1. The van der Waals surface area contributed by atoms with Crippen LogP contribution in [-0.4, -0.2) is 49.0 Å². The molecular formula is C20H24N2O3. The highest BCUT2D eigenvalue weighted by molar-refractivity contribution is 5.83. The average molecular weight is 340 g/mol. The molecule has 2 aromatic rings. The van der Waals surface area contributed by atoms with Gasteiger partial charge in [-0.05, 0) is 36.2 Å². The molecule has 1 aliphatic carbocycles. The van der Waals surface area contributed by atoms with Gasteiger partial charge in [0.15, 0.2) is 0 Å². The Morgan fingerprint density at radius 3 is 2.56 bits per heavy atom. The van der Waals surface area contributed by atoms with E-state index in [1.54, 1.807) is 13.4 Å².